The molecule has 2 aromatic heterocycles. The summed E-state index contributed by atoms with van der Waals surface area (Å²) < 4.78 is 58.7. The molecule has 4 rings (SSSR count). The van der Waals surface area contributed by atoms with Crippen molar-refractivity contribution in [1.29, 1.82) is 0 Å². The van der Waals surface area contributed by atoms with Crippen LogP contribution in [0.1, 0.15) is 55.4 Å². The van der Waals surface area contributed by atoms with Crippen LogP contribution in [0.3, 0.4) is 0 Å². The largest absolute Gasteiger partial charge is 0.444 e. The van der Waals surface area contributed by atoms with Gasteiger partial charge in [0.15, 0.2) is 0 Å². The Hall–Kier alpha value is -1.95. The van der Waals surface area contributed by atoms with Crippen molar-refractivity contribution in [3.8, 4) is 0 Å². The van der Waals surface area contributed by atoms with Gasteiger partial charge in [-0.2, -0.15) is 4.31 Å². The van der Waals surface area contributed by atoms with E-state index in [2.05, 4.69) is 12.2 Å². The third-order valence-corrected chi connectivity index (χ3v) is 12.4. The molecule has 0 radical (unpaired) electrons. The summed E-state index contributed by atoms with van der Waals surface area (Å²) >= 11 is 2.32. The van der Waals surface area contributed by atoms with Gasteiger partial charge < -0.3 is 24.6 Å². The zero-order valence-electron chi connectivity index (χ0n) is 27.0. The van der Waals surface area contributed by atoms with Crippen molar-refractivity contribution in [3.63, 3.8) is 0 Å². The molecule has 2 atom stereocenters. The summed E-state index contributed by atoms with van der Waals surface area (Å²) in [5.41, 5.74) is -0.953. The normalized spacial score (nSPS) is 19.8. The summed E-state index contributed by atoms with van der Waals surface area (Å²) in [5, 5.41) is 6.69. The number of rotatable bonds is 3. The van der Waals surface area contributed by atoms with E-state index < -0.39 is 36.4 Å². The van der Waals surface area contributed by atoms with Crippen molar-refractivity contribution in [1.82, 2.24) is 19.4 Å². The van der Waals surface area contributed by atoms with E-state index >= 15 is 0 Å². The second kappa shape index (κ2) is 16.2. The number of amides is 2. The number of nitrogens with zero attached hydrogens (tertiary/aromatic N) is 3. The number of hydrogen-bond acceptors (Lipinski definition) is 11. The molecule has 2 aliphatic rings. The molecule has 0 saturated carbocycles. The Morgan fingerprint density at radius 3 is 1.69 bits per heavy atom. The van der Waals surface area contributed by atoms with Crippen LogP contribution in [0.4, 0.5) is 9.59 Å². The van der Waals surface area contributed by atoms with Gasteiger partial charge >= 0.3 is 12.2 Å². The van der Waals surface area contributed by atoms with Gasteiger partial charge in [-0.3, -0.25) is 0 Å². The van der Waals surface area contributed by atoms with Crippen LogP contribution in [0.15, 0.2) is 43.4 Å². The molecule has 2 saturated heterocycles. The first-order chi connectivity index (χ1) is 20.6. The van der Waals surface area contributed by atoms with Gasteiger partial charge in [0.25, 0.3) is 19.1 Å². The second-order valence-electron chi connectivity index (χ2n) is 12.5. The van der Waals surface area contributed by atoms with Gasteiger partial charge in [0, 0.05) is 62.0 Å². The lowest BCUT2D eigenvalue weighted by Gasteiger charge is -2.39. The first kappa shape index (κ1) is 39.2. The number of halogens is 1. The summed E-state index contributed by atoms with van der Waals surface area (Å²) in [6, 6.07) is 6.50. The second-order valence-corrected chi connectivity index (χ2v) is 19.3. The number of nitrogens with one attached hydrogen (secondary N) is 1. The average Bonchev–Trinajstić information content (AvgIpc) is 3.62. The highest BCUT2D eigenvalue weighted by molar-refractivity contribution is 8.15. The molecule has 0 aromatic carbocycles. The van der Waals surface area contributed by atoms with Crippen molar-refractivity contribution in [2.45, 2.75) is 87.1 Å². The fraction of sp³-hybridized carbons (Fsp3) is 0.643. The maximum Gasteiger partial charge on any atom is 0.410 e. The standard InChI is InChI=1S/C14H22N2O4S2.C10H20N2O2.C4H3ClO2S2/c1-11-10-15(13(17)20-14(2,3)4)7-8-16(11)22(18,19)12-6-5-9-21-12;1-8-7-12(6-5-11-8)9(13)14-10(2,3)4;5-9(6,7)4-2-1-3-8-4/h5-6,9,11H,7-8,10H2,1-4H3;8,11H,5-7H2,1-4H3;1-3H. The third-order valence-electron chi connectivity index (χ3n) is 6.03. The van der Waals surface area contributed by atoms with Crippen molar-refractivity contribution in [2.75, 3.05) is 39.3 Å². The quantitative estimate of drug-likeness (QED) is 0.419. The molecular formula is C28H45ClN4O8S4. The minimum Gasteiger partial charge on any atom is -0.444 e. The Morgan fingerprint density at radius 1 is 0.822 bits per heavy atom. The Bertz CT molecular complexity index is 1440. The van der Waals surface area contributed by atoms with Crippen LogP contribution in [-0.2, 0) is 28.5 Å². The molecule has 17 heteroatoms. The van der Waals surface area contributed by atoms with E-state index in [1.54, 1.807) is 38.8 Å². The predicted molar refractivity (Wildman–Crippen MR) is 178 cm³/mol. The van der Waals surface area contributed by atoms with Crippen molar-refractivity contribution < 1.29 is 35.9 Å². The molecule has 2 fully saturated rings. The molecule has 0 aliphatic carbocycles. The minimum absolute atomic E-state index is 0.198. The number of carbonyl (C=O) groups excluding carboxylic acids is 2. The topological polar surface area (TPSA) is 143 Å². The molecule has 4 heterocycles. The molecular weight excluding hydrogens is 684 g/mol. The lowest BCUT2D eigenvalue weighted by atomic mass is 10.2. The van der Waals surface area contributed by atoms with E-state index in [1.807, 2.05) is 48.5 Å². The van der Waals surface area contributed by atoms with Gasteiger partial charge in [0.2, 0.25) is 0 Å². The van der Waals surface area contributed by atoms with Crippen molar-refractivity contribution in [2.24, 2.45) is 0 Å². The van der Waals surface area contributed by atoms with E-state index in [-0.39, 0.29) is 22.9 Å². The molecule has 0 spiro atoms. The van der Waals surface area contributed by atoms with E-state index in [4.69, 9.17) is 20.2 Å². The molecule has 0 bridgehead atoms. The van der Waals surface area contributed by atoms with Gasteiger partial charge in [-0.05, 0) is 78.3 Å². The van der Waals surface area contributed by atoms with Crippen LogP contribution in [0, 0.1) is 0 Å². The van der Waals surface area contributed by atoms with Gasteiger partial charge in [0.1, 0.15) is 19.6 Å². The van der Waals surface area contributed by atoms with E-state index in [1.165, 1.54) is 21.7 Å². The maximum absolute atomic E-state index is 12.6. The average molecular weight is 729 g/mol. The summed E-state index contributed by atoms with van der Waals surface area (Å²) in [7, 11) is -1.97. The molecule has 45 heavy (non-hydrogen) atoms. The van der Waals surface area contributed by atoms with Crippen LogP contribution in [0.25, 0.3) is 0 Å². The molecule has 2 unspecified atom stereocenters. The number of hydrogen-bond donors (Lipinski definition) is 1. The van der Waals surface area contributed by atoms with Crippen LogP contribution >= 0.6 is 33.4 Å². The Labute approximate surface area is 280 Å². The van der Waals surface area contributed by atoms with Crippen LogP contribution in [0.5, 0.6) is 0 Å². The molecule has 1 N–H and O–H groups in total. The van der Waals surface area contributed by atoms with E-state index in [0.29, 0.717) is 23.3 Å². The van der Waals surface area contributed by atoms with E-state index in [9.17, 15) is 26.4 Å². The van der Waals surface area contributed by atoms with Gasteiger partial charge in [0.05, 0.1) is 0 Å². The highest BCUT2D eigenvalue weighted by Crippen LogP contribution is 2.25. The fourth-order valence-electron chi connectivity index (χ4n) is 4.14. The number of sulfonamides is 1. The molecule has 12 nitrogen and oxygen atoms in total. The van der Waals surface area contributed by atoms with Gasteiger partial charge in [-0.25, -0.2) is 26.4 Å². The number of piperazine rings is 2. The van der Waals surface area contributed by atoms with Gasteiger partial charge in [-0.15, -0.1) is 22.7 Å². The molecule has 2 aliphatic heterocycles. The lowest BCUT2D eigenvalue weighted by Crippen LogP contribution is -2.55. The van der Waals surface area contributed by atoms with Gasteiger partial charge in [-0.1, -0.05) is 12.1 Å². The Morgan fingerprint density at radius 2 is 1.31 bits per heavy atom. The van der Waals surface area contributed by atoms with Crippen LogP contribution in [0.2, 0.25) is 0 Å². The summed E-state index contributed by atoms with van der Waals surface area (Å²) in [4.78, 5) is 27.0. The van der Waals surface area contributed by atoms with Crippen LogP contribution < -0.4 is 5.32 Å². The molecule has 2 amide bonds. The maximum atomic E-state index is 12.6. The van der Waals surface area contributed by atoms with E-state index in [0.717, 1.165) is 31.0 Å². The zero-order valence-corrected chi connectivity index (χ0v) is 31.0. The highest BCUT2D eigenvalue weighted by atomic mass is 35.7. The first-order valence-electron chi connectivity index (χ1n) is 14.3. The molecule has 256 valence electrons. The predicted octanol–water partition coefficient (Wildman–Crippen LogP) is 5.27. The smallest absolute Gasteiger partial charge is 0.410 e. The zero-order chi connectivity index (χ0) is 34.2. The summed E-state index contributed by atoms with van der Waals surface area (Å²) in [5.74, 6) is 0. The number of thiophene rings is 2. The fourth-order valence-corrected chi connectivity index (χ4v) is 8.67. The Balaban J connectivity index is 0.000000261. The first-order valence-corrected chi connectivity index (χ1v) is 19.8. The van der Waals surface area contributed by atoms with Crippen molar-refractivity contribution >= 4 is 64.6 Å². The number of ether oxygens (including phenoxy) is 2. The lowest BCUT2D eigenvalue weighted by molar-refractivity contribution is 0.0142. The molecule has 2 aromatic rings. The van der Waals surface area contributed by atoms with Crippen LogP contribution in [-0.4, -0.2) is 106 Å². The Kier molecular flexibility index (Phi) is 14.2. The van der Waals surface area contributed by atoms with Crippen molar-refractivity contribution in [3.05, 3.63) is 35.0 Å². The highest BCUT2D eigenvalue weighted by Gasteiger charge is 2.37. The summed E-state index contributed by atoms with van der Waals surface area (Å²) in [6.07, 6.45) is -0.599. The summed E-state index contributed by atoms with van der Waals surface area (Å²) in [6.45, 7) is 18.2. The SMILES string of the molecule is CC1CN(C(=O)OC(C)(C)C)CCN1.CC1CN(C(=O)OC(C)(C)C)CCN1S(=O)(=O)c1cccs1.O=S(=O)(Cl)c1cccs1. The number of carbonyl (C=O) groups is 2. The monoisotopic (exact) mass is 728 g/mol. The minimum atomic E-state index is -3.48. The third kappa shape index (κ3) is 13.4.